The molecular formula is C9H20O4. The minimum atomic E-state index is 0.0894. The zero-order valence-corrected chi connectivity index (χ0v) is 8.71. The Kier molecular flexibility index (Phi) is 16.3. The molecule has 0 aromatic rings. The van der Waals surface area contributed by atoms with E-state index in [4.69, 9.17) is 14.6 Å². The van der Waals surface area contributed by atoms with Crippen LogP contribution in [0.2, 0.25) is 0 Å². The lowest BCUT2D eigenvalue weighted by Gasteiger charge is -2.00. The van der Waals surface area contributed by atoms with Gasteiger partial charge in [0.15, 0.2) is 0 Å². The van der Waals surface area contributed by atoms with Crippen molar-refractivity contribution in [2.45, 2.75) is 20.8 Å². The average Bonchev–Trinajstić information content (AvgIpc) is 2.03. The van der Waals surface area contributed by atoms with Gasteiger partial charge in [-0.15, -0.1) is 0 Å². The summed E-state index contributed by atoms with van der Waals surface area (Å²) in [6, 6.07) is 0. The number of hydrogen-bond donors (Lipinski definition) is 1. The van der Waals surface area contributed by atoms with Gasteiger partial charge in [-0.05, 0) is 20.8 Å². The van der Waals surface area contributed by atoms with Crippen LogP contribution >= 0.6 is 0 Å². The van der Waals surface area contributed by atoms with Crippen molar-refractivity contribution in [3.8, 4) is 0 Å². The van der Waals surface area contributed by atoms with Crippen molar-refractivity contribution < 1.29 is 19.4 Å². The molecule has 0 saturated heterocycles. The van der Waals surface area contributed by atoms with Crippen LogP contribution in [0, 0.1) is 0 Å². The molecule has 0 radical (unpaired) electrons. The predicted octanol–water partition coefficient (Wildman–Crippen LogP) is 0.627. The number of ketones is 1. The number of rotatable bonds is 6. The number of carbonyl (C=O) groups is 1. The van der Waals surface area contributed by atoms with Crippen molar-refractivity contribution in [3.05, 3.63) is 0 Å². The Morgan fingerprint density at radius 1 is 1.15 bits per heavy atom. The lowest BCUT2D eigenvalue weighted by molar-refractivity contribution is -0.114. The molecule has 1 N–H and O–H groups in total. The number of Topliss-reactive ketones (excluding diaryl/α,β-unsaturated/α-hetero) is 1. The van der Waals surface area contributed by atoms with Crippen molar-refractivity contribution in [1.29, 1.82) is 0 Å². The topological polar surface area (TPSA) is 55.8 Å². The maximum atomic E-state index is 9.44. The summed E-state index contributed by atoms with van der Waals surface area (Å²) < 4.78 is 9.88. The third kappa shape index (κ3) is 34.2. The molecule has 0 bridgehead atoms. The van der Waals surface area contributed by atoms with E-state index < -0.39 is 0 Å². The van der Waals surface area contributed by atoms with Crippen LogP contribution in [0.4, 0.5) is 0 Å². The van der Waals surface area contributed by atoms with Crippen LogP contribution < -0.4 is 0 Å². The standard InChI is InChI=1S/C6H14O3.C3H6O/c1-2-8-5-6-9-4-3-7;1-3(2)4/h7H,2-6H2,1H3;1-2H3. The molecule has 0 aromatic heterocycles. The Bertz CT molecular complexity index is 93.8. The minimum absolute atomic E-state index is 0.0894. The molecule has 0 aliphatic heterocycles. The summed E-state index contributed by atoms with van der Waals surface area (Å²) in [7, 11) is 0. The fraction of sp³-hybridized carbons (Fsp3) is 0.889. The van der Waals surface area contributed by atoms with Gasteiger partial charge in [-0.2, -0.15) is 0 Å². The molecule has 0 fully saturated rings. The van der Waals surface area contributed by atoms with Gasteiger partial charge in [-0.3, -0.25) is 0 Å². The average molecular weight is 192 g/mol. The molecule has 0 aromatic carbocycles. The van der Waals surface area contributed by atoms with Gasteiger partial charge in [-0.1, -0.05) is 0 Å². The summed E-state index contributed by atoms with van der Waals surface area (Å²) >= 11 is 0. The van der Waals surface area contributed by atoms with Gasteiger partial charge in [-0.25, -0.2) is 0 Å². The van der Waals surface area contributed by atoms with E-state index in [9.17, 15) is 4.79 Å². The van der Waals surface area contributed by atoms with Crippen LogP contribution in [0.15, 0.2) is 0 Å². The molecule has 0 aliphatic carbocycles. The molecule has 0 unspecified atom stereocenters. The highest BCUT2D eigenvalue weighted by Crippen LogP contribution is 1.76. The number of aliphatic hydroxyl groups is 1. The van der Waals surface area contributed by atoms with Crippen LogP contribution in [0.25, 0.3) is 0 Å². The monoisotopic (exact) mass is 192 g/mol. The highest BCUT2D eigenvalue weighted by Gasteiger charge is 1.84. The first-order valence-corrected chi connectivity index (χ1v) is 4.38. The maximum Gasteiger partial charge on any atom is 0.126 e. The fourth-order valence-electron chi connectivity index (χ4n) is 0.429. The second-order valence-electron chi connectivity index (χ2n) is 2.44. The van der Waals surface area contributed by atoms with Crippen LogP contribution in [-0.2, 0) is 14.3 Å². The van der Waals surface area contributed by atoms with Gasteiger partial charge >= 0.3 is 0 Å². The third-order valence-electron chi connectivity index (χ3n) is 0.812. The summed E-state index contributed by atoms with van der Waals surface area (Å²) in [5.41, 5.74) is 0. The molecular weight excluding hydrogens is 172 g/mol. The van der Waals surface area contributed by atoms with Gasteiger partial charge < -0.3 is 19.4 Å². The van der Waals surface area contributed by atoms with Gasteiger partial charge in [0.25, 0.3) is 0 Å². The molecule has 0 rings (SSSR count). The van der Waals surface area contributed by atoms with Gasteiger partial charge in [0.1, 0.15) is 5.78 Å². The first-order valence-electron chi connectivity index (χ1n) is 4.38. The fourth-order valence-corrected chi connectivity index (χ4v) is 0.429. The third-order valence-corrected chi connectivity index (χ3v) is 0.812. The first-order chi connectivity index (χ1) is 6.15. The van der Waals surface area contributed by atoms with Crippen molar-refractivity contribution in [2.75, 3.05) is 33.0 Å². The van der Waals surface area contributed by atoms with Crippen LogP contribution in [0.3, 0.4) is 0 Å². The molecule has 80 valence electrons. The van der Waals surface area contributed by atoms with E-state index in [1.165, 1.54) is 13.8 Å². The number of aliphatic hydroxyl groups excluding tert-OH is 1. The summed E-state index contributed by atoms with van der Waals surface area (Å²) in [4.78, 5) is 9.44. The second kappa shape index (κ2) is 14.1. The number of hydrogen-bond acceptors (Lipinski definition) is 4. The quantitative estimate of drug-likeness (QED) is 0.627. The van der Waals surface area contributed by atoms with Gasteiger partial charge in [0.05, 0.1) is 26.4 Å². The Balaban J connectivity index is 0. The number of ether oxygens (including phenoxy) is 2. The minimum Gasteiger partial charge on any atom is -0.394 e. The molecule has 0 atom stereocenters. The van der Waals surface area contributed by atoms with E-state index in [1.807, 2.05) is 6.92 Å². The molecule has 13 heavy (non-hydrogen) atoms. The second-order valence-corrected chi connectivity index (χ2v) is 2.44. The molecule has 4 nitrogen and oxygen atoms in total. The van der Waals surface area contributed by atoms with E-state index in [1.54, 1.807) is 0 Å². The Labute approximate surface area is 79.8 Å². The van der Waals surface area contributed by atoms with E-state index in [0.29, 0.717) is 19.8 Å². The van der Waals surface area contributed by atoms with Gasteiger partial charge in [0, 0.05) is 6.61 Å². The van der Waals surface area contributed by atoms with Crippen molar-refractivity contribution in [3.63, 3.8) is 0 Å². The normalized spacial score (nSPS) is 8.92. The maximum absolute atomic E-state index is 9.44. The van der Waals surface area contributed by atoms with Crippen LogP contribution in [-0.4, -0.2) is 43.9 Å². The lowest BCUT2D eigenvalue weighted by Crippen LogP contribution is -2.06. The smallest absolute Gasteiger partial charge is 0.126 e. The highest BCUT2D eigenvalue weighted by molar-refractivity contribution is 5.72. The summed E-state index contributed by atoms with van der Waals surface area (Å²) in [6.07, 6.45) is 0. The summed E-state index contributed by atoms with van der Waals surface area (Å²) in [6.45, 7) is 7.42. The molecule has 0 amide bonds. The zero-order valence-electron chi connectivity index (χ0n) is 8.71. The molecule has 0 saturated carbocycles. The van der Waals surface area contributed by atoms with Crippen molar-refractivity contribution in [1.82, 2.24) is 0 Å². The molecule has 0 aliphatic rings. The van der Waals surface area contributed by atoms with E-state index >= 15 is 0 Å². The largest absolute Gasteiger partial charge is 0.394 e. The SMILES string of the molecule is CC(C)=O.CCOCCOCCO. The first kappa shape index (κ1) is 15.0. The van der Waals surface area contributed by atoms with E-state index in [0.717, 1.165) is 6.61 Å². The van der Waals surface area contributed by atoms with Crippen LogP contribution in [0.1, 0.15) is 20.8 Å². The molecule has 4 heteroatoms. The lowest BCUT2D eigenvalue weighted by atomic mass is 10.6. The summed E-state index contributed by atoms with van der Waals surface area (Å²) in [5, 5.41) is 8.26. The molecule has 0 spiro atoms. The van der Waals surface area contributed by atoms with E-state index in [2.05, 4.69) is 0 Å². The zero-order chi connectivity index (χ0) is 10.5. The predicted molar refractivity (Wildman–Crippen MR) is 50.8 cm³/mol. The Morgan fingerprint density at radius 2 is 1.62 bits per heavy atom. The van der Waals surface area contributed by atoms with Crippen molar-refractivity contribution >= 4 is 5.78 Å². The Hall–Kier alpha value is -0.450. The summed E-state index contributed by atoms with van der Waals surface area (Å²) in [5.74, 6) is 0.167. The van der Waals surface area contributed by atoms with E-state index in [-0.39, 0.29) is 12.4 Å². The van der Waals surface area contributed by atoms with Crippen LogP contribution in [0.5, 0.6) is 0 Å². The highest BCUT2D eigenvalue weighted by atomic mass is 16.5. The van der Waals surface area contributed by atoms with Gasteiger partial charge in [0.2, 0.25) is 0 Å². The van der Waals surface area contributed by atoms with Crippen molar-refractivity contribution in [2.24, 2.45) is 0 Å². The molecule has 0 heterocycles. The number of carbonyl (C=O) groups excluding carboxylic acids is 1. The Morgan fingerprint density at radius 3 is 2.00 bits per heavy atom.